The van der Waals surface area contributed by atoms with E-state index >= 15 is 0 Å². The molecule has 3 rings (SSSR count). The van der Waals surface area contributed by atoms with Gasteiger partial charge in [-0.05, 0) is 37.4 Å². The number of hydrogen-bond donors (Lipinski definition) is 1. The molecule has 2 heterocycles. The van der Waals surface area contributed by atoms with E-state index in [1.54, 1.807) is 11.0 Å². The van der Waals surface area contributed by atoms with Crippen LogP contribution in [0.5, 0.6) is 0 Å². The average Bonchev–Trinajstić information content (AvgIpc) is 3.03. The number of nitrogens with zero attached hydrogens (tertiary/aromatic N) is 4. The molecule has 0 saturated carbocycles. The van der Waals surface area contributed by atoms with E-state index in [2.05, 4.69) is 50.6 Å². The number of benzene rings is 1. The van der Waals surface area contributed by atoms with Gasteiger partial charge >= 0.3 is 0 Å². The van der Waals surface area contributed by atoms with Gasteiger partial charge in [0, 0.05) is 33.0 Å². The van der Waals surface area contributed by atoms with E-state index in [0.29, 0.717) is 18.9 Å². The molecular formula is C19H27N5O. The normalized spacial score (nSPS) is 16.0. The number of aromatic nitrogens is 3. The minimum absolute atomic E-state index is 0.156. The second-order valence-electron chi connectivity index (χ2n) is 6.81. The molecule has 1 aliphatic rings. The fraction of sp³-hybridized carbons (Fsp3) is 0.526. The minimum atomic E-state index is 0.156. The van der Waals surface area contributed by atoms with Gasteiger partial charge in [-0.15, -0.1) is 0 Å². The Kier molecular flexibility index (Phi) is 6.17. The monoisotopic (exact) mass is 341 g/mol. The zero-order valence-corrected chi connectivity index (χ0v) is 14.9. The molecule has 25 heavy (non-hydrogen) atoms. The first kappa shape index (κ1) is 17.6. The molecule has 1 fully saturated rings. The zero-order valence-electron chi connectivity index (χ0n) is 14.9. The van der Waals surface area contributed by atoms with Crippen molar-refractivity contribution >= 4 is 5.91 Å². The van der Waals surface area contributed by atoms with E-state index in [1.807, 2.05) is 7.05 Å². The molecule has 0 spiro atoms. The van der Waals surface area contributed by atoms with Crippen molar-refractivity contribution in [3.63, 3.8) is 0 Å². The summed E-state index contributed by atoms with van der Waals surface area (Å²) in [6.07, 6.45) is 5.10. The summed E-state index contributed by atoms with van der Waals surface area (Å²) in [4.78, 5) is 18.8. The molecule has 134 valence electrons. The third kappa shape index (κ3) is 5.39. The molecule has 1 aromatic heterocycles. The first-order valence-corrected chi connectivity index (χ1v) is 9.06. The summed E-state index contributed by atoms with van der Waals surface area (Å²) >= 11 is 0. The molecule has 1 aromatic carbocycles. The average molecular weight is 341 g/mol. The van der Waals surface area contributed by atoms with E-state index < -0.39 is 0 Å². The van der Waals surface area contributed by atoms with Gasteiger partial charge in [0.1, 0.15) is 12.2 Å². The summed E-state index contributed by atoms with van der Waals surface area (Å²) in [5.74, 6) is 1.56. The van der Waals surface area contributed by atoms with Crippen LogP contribution in [-0.4, -0.2) is 45.2 Å². The van der Waals surface area contributed by atoms with Gasteiger partial charge in [0.25, 0.3) is 0 Å². The molecule has 1 aliphatic heterocycles. The van der Waals surface area contributed by atoms with Gasteiger partial charge in [-0.25, -0.2) is 4.98 Å². The van der Waals surface area contributed by atoms with Crippen LogP contribution in [0.15, 0.2) is 36.7 Å². The first-order chi connectivity index (χ1) is 12.2. The van der Waals surface area contributed by atoms with Crippen molar-refractivity contribution in [3.8, 4) is 0 Å². The minimum Gasteiger partial charge on any atom is -0.356 e. The van der Waals surface area contributed by atoms with Crippen molar-refractivity contribution in [3.05, 3.63) is 48.0 Å². The maximum Gasteiger partial charge on any atom is 0.220 e. The lowest BCUT2D eigenvalue weighted by molar-refractivity contribution is -0.122. The Balaban J connectivity index is 1.33. The van der Waals surface area contributed by atoms with Crippen LogP contribution in [0.3, 0.4) is 0 Å². The number of piperidine rings is 1. The Bertz CT molecular complexity index is 661. The lowest BCUT2D eigenvalue weighted by Gasteiger charge is -2.31. The van der Waals surface area contributed by atoms with Gasteiger partial charge < -0.3 is 5.32 Å². The molecule has 0 aliphatic carbocycles. The van der Waals surface area contributed by atoms with Crippen molar-refractivity contribution in [2.24, 2.45) is 13.0 Å². The Labute approximate surface area is 149 Å². The van der Waals surface area contributed by atoms with Crippen LogP contribution in [-0.2, 0) is 24.8 Å². The maximum atomic E-state index is 12.1. The second kappa shape index (κ2) is 8.76. The SMILES string of the molecule is Cn1ncnc1CCNC(=O)CC1CCN(Cc2ccccc2)CC1. The number of amides is 1. The smallest absolute Gasteiger partial charge is 0.220 e. The van der Waals surface area contributed by atoms with Crippen LogP contribution in [0.2, 0.25) is 0 Å². The number of carbonyl (C=O) groups is 1. The van der Waals surface area contributed by atoms with E-state index in [9.17, 15) is 4.79 Å². The number of aryl methyl sites for hydroxylation is 1. The third-order valence-electron chi connectivity index (χ3n) is 4.91. The van der Waals surface area contributed by atoms with Crippen LogP contribution < -0.4 is 5.32 Å². The highest BCUT2D eigenvalue weighted by Crippen LogP contribution is 2.21. The molecule has 0 unspecified atom stereocenters. The van der Waals surface area contributed by atoms with Gasteiger partial charge in [-0.2, -0.15) is 5.10 Å². The van der Waals surface area contributed by atoms with Crippen LogP contribution in [0.4, 0.5) is 0 Å². The summed E-state index contributed by atoms with van der Waals surface area (Å²) in [5.41, 5.74) is 1.36. The van der Waals surface area contributed by atoms with Crippen molar-refractivity contribution in [1.29, 1.82) is 0 Å². The van der Waals surface area contributed by atoms with E-state index in [0.717, 1.165) is 44.7 Å². The first-order valence-electron chi connectivity index (χ1n) is 9.06. The molecule has 1 amide bonds. The highest BCUT2D eigenvalue weighted by Gasteiger charge is 2.21. The lowest BCUT2D eigenvalue weighted by Crippen LogP contribution is -2.36. The van der Waals surface area contributed by atoms with Gasteiger partial charge in [0.05, 0.1) is 0 Å². The summed E-state index contributed by atoms with van der Waals surface area (Å²) in [6.45, 7) is 3.78. The quantitative estimate of drug-likeness (QED) is 0.834. The van der Waals surface area contributed by atoms with Crippen LogP contribution in [0.1, 0.15) is 30.7 Å². The standard InChI is InChI=1S/C19H27N5O/c1-23-18(21-15-22-23)7-10-20-19(25)13-16-8-11-24(12-9-16)14-17-5-3-2-4-6-17/h2-6,15-16H,7-14H2,1H3,(H,20,25). The Morgan fingerprint density at radius 1 is 1.24 bits per heavy atom. The zero-order chi connectivity index (χ0) is 17.5. The Morgan fingerprint density at radius 2 is 2.00 bits per heavy atom. The number of nitrogens with one attached hydrogen (secondary N) is 1. The largest absolute Gasteiger partial charge is 0.356 e. The molecule has 0 bridgehead atoms. The summed E-state index contributed by atoms with van der Waals surface area (Å²) in [6, 6.07) is 10.6. The Morgan fingerprint density at radius 3 is 2.68 bits per heavy atom. The summed E-state index contributed by atoms with van der Waals surface area (Å²) < 4.78 is 1.74. The van der Waals surface area contributed by atoms with Crippen molar-refractivity contribution in [2.45, 2.75) is 32.2 Å². The van der Waals surface area contributed by atoms with Gasteiger partial charge in [-0.3, -0.25) is 14.4 Å². The van der Waals surface area contributed by atoms with Gasteiger partial charge in [0.15, 0.2) is 0 Å². The second-order valence-corrected chi connectivity index (χ2v) is 6.81. The van der Waals surface area contributed by atoms with Crippen molar-refractivity contribution in [1.82, 2.24) is 25.0 Å². The molecule has 1 saturated heterocycles. The van der Waals surface area contributed by atoms with E-state index in [-0.39, 0.29) is 5.91 Å². The lowest BCUT2D eigenvalue weighted by atomic mass is 9.93. The molecule has 0 radical (unpaired) electrons. The molecule has 2 aromatic rings. The third-order valence-corrected chi connectivity index (χ3v) is 4.91. The van der Waals surface area contributed by atoms with Gasteiger partial charge in [0.2, 0.25) is 5.91 Å². The molecular weight excluding hydrogens is 314 g/mol. The fourth-order valence-corrected chi connectivity index (χ4v) is 3.38. The van der Waals surface area contributed by atoms with E-state index in [4.69, 9.17) is 0 Å². The summed E-state index contributed by atoms with van der Waals surface area (Å²) in [7, 11) is 1.87. The van der Waals surface area contributed by atoms with Crippen molar-refractivity contribution < 1.29 is 4.79 Å². The number of rotatable bonds is 7. The molecule has 0 atom stereocenters. The van der Waals surface area contributed by atoms with Crippen LogP contribution in [0.25, 0.3) is 0 Å². The molecule has 1 N–H and O–H groups in total. The maximum absolute atomic E-state index is 12.1. The number of carbonyl (C=O) groups excluding carboxylic acids is 1. The molecule has 6 nitrogen and oxygen atoms in total. The topological polar surface area (TPSA) is 63.1 Å². The van der Waals surface area contributed by atoms with E-state index in [1.165, 1.54) is 5.56 Å². The van der Waals surface area contributed by atoms with Crippen molar-refractivity contribution in [2.75, 3.05) is 19.6 Å². The van der Waals surface area contributed by atoms with Crippen LogP contribution >= 0.6 is 0 Å². The van der Waals surface area contributed by atoms with Crippen LogP contribution in [0, 0.1) is 5.92 Å². The fourth-order valence-electron chi connectivity index (χ4n) is 3.38. The summed E-state index contributed by atoms with van der Waals surface area (Å²) in [5, 5.41) is 7.05. The number of likely N-dealkylation sites (tertiary alicyclic amines) is 1. The Hall–Kier alpha value is -2.21. The van der Waals surface area contributed by atoms with Gasteiger partial charge in [-0.1, -0.05) is 30.3 Å². The molecule has 6 heteroatoms. The highest BCUT2D eigenvalue weighted by atomic mass is 16.1. The number of hydrogen-bond acceptors (Lipinski definition) is 4. The highest BCUT2D eigenvalue weighted by molar-refractivity contribution is 5.76. The predicted molar refractivity (Wildman–Crippen MR) is 96.8 cm³/mol. The predicted octanol–water partition coefficient (Wildman–Crippen LogP) is 1.78.